The lowest BCUT2D eigenvalue weighted by molar-refractivity contribution is -0.144. The Morgan fingerprint density at radius 1 is 1.15 bits per heavy atom. The number of nitrogens with zero attached hydrogens (tertiary/aromatic N) is 1. The lowest BCUT2D eigenvalue weighted by Crippen LogP contribution is -2.55. The van der Waals surface area contributed by atoms with Crippen LogP contribution in [-0.4, -0.2) is 73.8 Å². The van der Waals surface area contributed by atoms with E-state index < -0.39 is 54.9 Å². The molecule has 0 saturated heterocycles. The molecule has 0 aromatic carbocycles. The lowest BCUT2D eigenvalue weighted by atomic mass is 10.1. The molecule has 0 radical (unpaired) electrons. The molecule has 0 saturated carbocycles. The number of H-pyrrole nitrogens is 1. The van der Waals surface area contributed by atoms with Crippen molar-refractivity contribution in [2.24, 2.45) is 5.73 Å². The van der Waals surface area contributed by atoms with Crippen molar-refractivity contribution < 1.29 is 34.5 Å². The van der Waals surface area contributed by atoms with E-state index in [4.69, 9.17) is 21.1 Å². The average Bonchev–Trinajstić information content (AvgIpc) is 3.08. The maximum Gasteiger partial charge on any atom is 0.328 e. The molecule has 1 aromatic rings. The van der Waals surface area contributed by atoms with E-state index >= 15 is 0 Å². The highest BCUT2D eigenvalue weighted by molar-refractivity contribution is 5.92. The van der Waals surface area contributed by atoms with Gasteiger partial charge in [-0.05, 0) is 6.42 Å². The Balaban J connectivity index is 2.74. The Labute approximate surface area is 147 Å². The number of hydrogen-bond donors (Lipinski definition) is 7. The standard InChI is InChI=1S/C14H21N5O7/c15-8(3-7-4-16-6-17-7)12(23)18-9(1-2-11(21)22)13(24)19-10(5-20)14(25)26/h4,6,8-10,20H,1-3,5,15H2,(H,16,17)(H,18,23)(H,19,24)(H,21,22)(H,25,26). The number of aliphatic hydroxyl groups excluding tert-OH is 1. The summed E-state index contributed by atoms with van der Waals surface area (Å²) in [6.07, 6.45) is 2.27. The molecule has 12 nitrogen and oxygen atoms in total. The summed E-state index contributed by atoms with van der Waals surface area (Å²) in [5.41, 5.74) is 6.33. The molecule has 144 valence electrons. The number of rotatable bonds is 11. The van der Waals surface area contributed by atoms with Gasteiger partial charge in [0.2, 0.25) is 11.8 Å². The molecule has 0 aliphatic rings. The van der Waals surface area contributed by atoms with Gasteiger partial charge in [0.05, 0.1) is 19.0 Å². The van der Waals surface area contributed by atoms with Gasteiger partial charge < -0.3 is 36.7 Å². The van der Waals surface area contributed by atoms with Crippen LogP contribution in [0.25, 0.3) is 0 Å². The van der Waals surface area contributed by atoms with E-state index in [1.807, 2.05) is 5.32 Å². The third-order valence-corrected chi connectivity index (χ3v) is 3.41. The Morgan fingerprint density at radius 2 is 1.81 bits per heavy atom. The van der Waals surface area contributed by atoms with Gasteiger partial charge in [0, 0.05) is 24.7 Å². The highest BCUT2D eigenvalue weighted by Gasteiger charge is 2.28. The van der Waals surface area contributed by atoms with Gasteiger partial charge in [-0.3, -0.25) is 14.4 Å². The Bertz CT molecular complexity index is 634. The van der Waals surface area contributed by atoms with Crippen LogP contribution in [0.1, 0.15) is 18.5 Å². The number of carboxylic acids is 2. The molecular formula is C14H21N5O7. The van der Waals surface area contributed by atoms with E-state index in [1.165, 1.54) is 12.5 Å². The highest BCUT2D eigenvalue weighted by atomic mass is 16.4. The van der Waals surface area contributed by atoms with Crippen molar-refractivity contribution in [3.8, 4) is 0 Å². The summed E-state index contributed by atoms with van der Waals surface area (Å²) in [4.78, 5) is 52.5. The molecule has 2 amide bonds. The molecule has 0 aliphatic carbocycles. The summed E-state index contributed by atoms with van der Waals surface area (Å²) < 4.78 is 0. The largest absolute Gasteiger partial charge is 0.481 e. The number of imidazole rings is 1. The molecule has 12 heteroatoms. The van der Waals surface area contributed by atoms with E-state index in [9.17, 15) is 19.2 Å². The normalized spacial score (nSPS) is 14.1. The molecule has 0 bridgehead atoms. The van der Waals surface area contributed by atoms with Gasteiger partial charge in [0.1, 0.15) is 12.1 Å². The van der Waals surface area contributed by atoms with Crippen molar-refractivity contribution >= 4 is 23.8 Å². The zero-order chi connectivity index (χ0) is 19.7. The average molecular weight is 371 g/mol. The molecule has 26 heavy (non-hydrogen) atoms. The second kappa shape index (κ2) is 10.1. The third-order valence-electron chi connectivity index (χ3n) is 3.41. The second-order valence-electron chi connectivity index (χ2n) is 5.46. The van der Waals surface area contributed by atoms with E-state index in [0.29, 0.717) is 5.69 Å². The Kier molecular flexibility index (Phi) is 8.18. The molecule has 0 fully saturated rings. The third kappa shape index (κ3) is 6.86. The van der Waals surface area contributed by atoms with Crippen molar-refractivity contribution in [3.63, 3.8) is 0 Å². The number of aliphatic hydroxyl groups is 1. The number of hydrogen-bond acceptors (Lipinski definition) is 7. The van der Waals surface area contributed by atoms with Crippen molar-refractivity contribution in [3.05, 3.63) is 18.2 Å². The number of carbonyl (C=O) groups excluding carboxylic acids is 2. The number of carbonyl (C=O) groups is 4. The summed E-state index contributed by atoms with van der Waals surface area (Å²) in [5.74, 6) is -4.33. The molecule has 3 unspecified atom stereocenters. The Hall–Kier alpha value is -2.99. The van der Waals surface area contributed by atoms with Crippen LogP contribution >= 0.6 is 0 Å². The van der Waals surface area contributed by atoms with Crippen molar-refractivity contribution in [1.82, 2.24) is 20.6 Å². The van der Waals surface area contributed by atoms with Crippen LogP contribution < -0.4 is 16.4 Å². The highest BCUT2D eigenvalue weighted by Crippen LogP contribution is 2.02. The quantitative estimate of drug-likeness (QED) is 0.214. The van der Waals surface area contributed by atoms with Crippen LogP contribution in [0.2, 0.25) is 0 Å². The van der Waals surface area contributed by atoms with Gasteiger partial charge in [-0.15, -0.1) is 0 Å². The SMILES string of the molecule is NC(Cc1cnc[nH]1)C(=O)NC(CCC(=O)O)C(=O)NC(CO)C(=O)O. The van der Waals surface area contributed by atoms with Crippen LogP contribution in [-0.2, 0) is 25.6 Å². The molecule has 3 atom stereocenters. The van der Waals surface area contributed by atoms with Gasteiger partial charge in [0.25, 0.3) is 0 Å². The summed E-state index contributed by atoms with van der Waals surface area (Å²) in [7, 11) is 0. The first-order valence-corrected chi connectivity index (χ1v) is 7.63. The van der Waals surface area contributed by atoms with Gasteiger partial charge in [0.15, 0.2) is 0 Å². The van der Waals surface area contributed by atoms with E-state index in [1.54, 1.807) is 0 Å². The fourth-order valence-corrected chi connectivity index (χ4v) is 2.00. The smallest absolute Gasteiger partial charge is 0.328 e. The monoisotopic (exact) mass is 371 g/mol. The number of carboxylic acid groups (broad SMARTS) is 2. The minimum atomic E-state index is -1.58. The van der Waals surface area contributed by atoms with Gasteiger partial charge in [-0.2, -0.15) is 0 Å². The number of aromatic amines is 1. The molecule has 1 heterocycles. The number of nitrogens with two attached hydrogens (primary N) is 1. The first-order chi connectivity index (χ1) is 12.2. The van der Waals surface area contributed by atoms with Crippen LogP contribution in [0, 0.1) is 0 Å². The second-order valence-corrected chi connectivity index (χ2v) is 5.46. The van der Waals surface area contributed by atoms with Crippen LogP contribution in [0.5, 0.6) is 0 Å². The van der Waals surface area contributed by atoms with Crippen LogP contribution in [0.3, 0.4) is 0 Å². The predicted molar refractivity (Wildman–Crippen MR) is 85.7 cm³/mol. The topological polar surface area (TPSA) is 208 Å². The number of aromatic nitrogens is 2. The fraction of sp³-hybridized carbons (Fsp3) is 0.500. The minimum absolute atomic E-state index is 0.105. The van der Waals surface area contributed by atoms with Gasteiger partial charge in [-0.25, -0.2) is 9.78 Å². The maximum absolute atomic E-state index is 12.2. The zero-order valence-corrected chi connectivity index (χ0v) is 13.7. The molecule has 1 aromatic heterocycles. The van der Waals surface area contributed by atoms with Crippen LogP contribution in [0.4, 0.5) is 0 Å². The predicted octanol–water partition coefficient (Wildman–Crippen LogP) is -2.81. The zero-order valence-electron chi connectivity index (χ0n) is 13.7. The van der Waals surface area contributed by atoms with Crippen molar-refractivity contribution in [1.29, 1.82) is 0 Å². The first kappa shape index (κ1) is 21.1. The van der Waals surface area contributed by atoms with Gasteiger partial charge in [-0.1, -0.05) is 0 Å². The maximum atomic E-state index is 12.2. The summed E-state index contributed by atoms with van der Waals surface area (Å²) in [5, 5.41) is 30.9. The van der Waals surface area contributed by atoms with E-state index in [-0.39, 0.29) is 12.8 Å². The van der Waals surface area contributed by atoms with Gasteiger partial charge >= 0.3 is 11.9 Å². The van der Waals surface area contributed by atoms with Crippen molar-refractivity contribution in [2.75, 3.05) is 6.61 Å². The fourth-order valence-electron chi connectivity index (χ4n) is 2.00. The summed E-state index contributed by atoms with van der Waals surface area (Å²) >= 11 is 0. The Morgan fingerprint density at radius 3 is 2.31 bits per heavy atom. The number of nitrogens with one attached hydrogen (secondary N) is 3. The summed E-state index contributed by atoms with van der Waals surface area (Å²) in [6.45, 7) is -0.861. The van der Waals surface area contributed by atoms with Crippen LogP contribution in [0.15, 0.2) is 12.5 Å². The first-order valence-electron chi connectivity index (χ1n) is 7.63. The lowest BCUT2D eigenvalue weighted by Gasteiger charge is -2.21. The summed E-state index contributed by atoms with van der Waals surface area (Å²) in [6, 6.07) is -3.94. The molecular weight excluding hydrogens is 350 g/mol. The van der Waals surface area contributed by atoms with E-state index in [0.717, 1.165) is 0 Å². The number of aliphatic carboxylic acids is 2. The molecule has 0 spiro atoms. The minimum Gasteiger partial charge on any atom is -0.481 e. The van der Waals surface area contributed by atoms with Crippen molar-refractivity contribution in [2.45, 2.75) is 37.4 Å². The molecule has 1 rings (SSSR count). The van der Waals surface area contributed by atoms with E-state index in [2.05, 4.69) is 15.3 Å². The molecule has 8 N–H and O–H groups in total. The molecule has 0 aliphatic heterocycles. The number of amides is 2.